The van der Waals surface area contributed by atoms with Crippen LogP contribution in [0.25, 0.3) is 11.4 Å². The Morgan fingerprint density at radius 1 is 1.11 bits per heavy atom. The summed E-state index contributed by atoms with van der Waals surface area (Å²) in [4.78, 5) is 4.05. The van der Waals surface area contributed by atoms with Crippen molar-refractivity contribution in [2.24, 2.45) is 0 Å². The summed E-state index contributed by atoms with van der Waals surface area (Å²) in [6.45, 7) is -2.92. The maximum atomic E-state index is 13.1. The molecule has 0 bridgehead atoms. The molecule has 2 heterocycles. The molecule has 0 N–H and O–H groups in total. The maximum absolute atomic E-state index is 13.1. The molecule has 27 heavy (non-hydrogen) atoms. The van der Waals surface area contributed by atoms with E-state index in [-0.39, 0.29) is 28.9 Å². The van der Waals surface area contributed by atoms with Gasteiger partial charge in [0.05, 0.1) is 5.69 Å². The van der Waals surface area contributed by atoms with Crippen molar-refractivity contribution in [2.45, 2.75) is 19.3 Å². The zero-order valence-corrected chi connectivity index (χ0v) is 14.2. The largest absolute Gasteiger partial charge is 0.573 e. The summed E-state index contributed by atoms with van der Waals surface area (Å²) in [5.74, 6) is -0.417. The van der Waals surface area contributed by atoms with E-state index in [9.17, 15) is 22.0 Å². The highest BCUT2D eigenvalue weighted by atomic mass is 35.5. The zero-order chi connectivity index (χ0) is 19.6. The Labute approximate surface area is 155 Å². The lowest BCUT2D eigenvalue weighted by Gasteiger charge is -2.13. The van der Waals surface area contributed by atoms with Gasteiger partial charge in [-0.25, -0.2) is 4.68 Å². The minimum absolute atomic E-state index is 0.0969. The first kappa shape index (κ1) is 19.1. The normalized spacial score (nSPS) is 11.8. The van der Waals surface area contributed by atoms with Crippen LogP contribution in [-0.2, 0) is 6.42 Å². The molecule has 4 nitrogen and oxygen atoms in total. The second kappa shape index (κ2) is 7.51. The van der Waals surface area contributed by atoms with Crippen LogP contribution in [0.4, 0.5) is 22.0 Å². The minimum Gasteiger partial charge on any atom is -0.405 e. The third kappa shape index (κ3) is 4.73. The van der Waals surface area contributed by atoms with Gasteiger partial charge in [-0.15, -0.1) is 13.2 Å². The number of para-hydroxylation sites is 1. The van der Waals surface area contributed by atoms with Gasteiger partial charge in [0.2, 0.25) is 0 Å². The van der Waals surface area contributed by atoms with Crippen molar-refractivity contribution < 1.29 is 26.7 Å². The van der Waals surface area contributed by atoms with E-state index >= 15 is 0 Å². The number of hydrogen-bond donors (Lipinski definition) is 0. The highest BCUT2D eigenvalue weighted by molar-refractivity contribution is 6.30. The van der Waals surface area contributed by atoms with Gasteiger partial charge in [-0.05, 0) is 23.8 Å². The summed E-state index contributed by atoms with van der Waals surface area (Å²) in [5, 5.41) is 4.12. The Morgan fingerprint density at radius 3 is 2.52 bits per heavy atom. The van der Waals surface area contributed by atoms with E-state index in [1.807, 2.05) is 0 Å². The fourth-order valence-electron chi connectivity index (χ4n) is 2.49. The molecule has 0 radical (unpaired) electrons. The van der Waals surface area contributed by atoms with E-state index in [1.165, 1.54) is 36.5 Å². The van der Waals surface area contributed by atoms with Gasteiger partial charge in [0, 0.05) is 29.4 Å². The summed E-state index contributed by atoms with van der Waals surface area (Å²) >= 11 is 5.91. The second-order valence-corrected chi connectivity index (χ2v) is 5.89. The number of hydrogen-bond acceptors (Lipinski definition) is 3. The van der Waals surface area contributed by atoms with E-state index < -0.39 is 18.7 Å². The summed E-state index contributed by atoms with van der Waals surface area (Å²) in [6, 6.07) is 8.40. The predicted octanol–water partition coefficient (Wildman–Crippen LogP) is 5.48. The van der Waals surface area contributed by atoms with Crippen LogP contribution in [0.5, 0.6) is 5.75 Å². The van der Waals surface area contributed by atoms with E-state index in [1.54, 1.807) is 0 Å². The highest BCUT2D eigenvalue weighted by Crippen LogP contribution is 2.31. The maximum Gasteiger partial charge on any atom is 0.573 e. The third-order valence-corrected chi connectivity index (χ3v) is 3.79. The van der Waals surface area contributed by atoms with Crippen LogP contribution < -0.4 is 4.74 Å². The summed E-state index contributed by atoms with van der Waals surface area (Å²) in [6.07, 6.45) is -2.56. The first-order valence-corrected chi connectivity index (χ1v) is 7.92. The quantitative estimate of drug-likeness (QED) is 0.529. The Kier molecular flexibility index (Phi) is 5.31. The Balaban J connectivity index is 2.03. The van der Waals surface area contributed by atoms with Crippen molar-refractivity contribution in [1.29, 1.82) is 0 Å². The topological polar surface area (TPSA) is 39.9 Å². The molecule has 0 fully saturated rings. The van der Waals surface area contributed by atoms with Crippen LogP contribution in [0.1, 0.15) is 17.7 Å². The van der Waals surface area contributed by atoms with Gasteiger partial charge in [0.25, 0.3) is 0 Å². The SMILES string of the molecule is FC(F)n1cc(Cc2ccccc2OC(F)(F)F)c(-c2cc(Cl)ccn2)n1. The fraction of sp³-hybridized carbons (Fsp3) is 0.176. The van der Waals surface area contributed by atoms with Crippen molar-refractivity contribution in [1.82, 2.24) is 14.8 Å². The molecule has 3 aromatic rings. The molecule has 142 valence electrons. The fourth-order valence-corrected chi connectivity index (χ4v) is 2.65. The lowest BCUT2D eigenvalue weighted by atomic mass is 10.0. The molecule has 0 aliphatic rings. The molecule has 0 unspecified atom stereocenters. The molecule has 10 heteroatoms. The molecule has 0 aliphatic carbocycles. The average Bonchev–Trinajstić information content (AvgIpc) is 2.99. The number of nitrogens with zero attached hydrogens (tertiary/aromatic N) is 3. The van der Waals surface area contributed by atoms with Crippen molar-refractivity contribution in [3.63, 3.8) is 0 Å². The lowest BCUT2D eigenvalue weighted by Crippen LogP contribution is -2.18. The molecule has 0 aliphatic heterocycles. The first-order chi connectivity index (χ1) is 12.7. The van der Waals surface area contributed by atoms with Crippen LogP contribution in [-0.4, -0.2) is 21.1 Å². The molecule has 0 amide bonds. The Bertz CT molecular complexity index is 942. The number of aromatic nitrogens is 3. The molecule has 0 saturated carbocycles. The van der Waals surface area contributed by atoms with Gasteiger partial charge in [0.15, 0.2) is 0 Å². The number of halogens is 6. The van der Waals surface area contributed by atoms with E-state index in [4.69, 9.17) is 11.6 Å². The summed E-state index contributed by atoms with van der Waals surface area (Å²) in [7, 11) is 0. The highest BCUT2D eigenvalue weighted by Gasteiger charge is 2.32. The summed E-state index contributed by atoms with van der Waals surface area (Å²) in [5.41, 5.74) is 0.737. The average molecular weight is 404 g/mol. The van der Waals surface area contributed by atoms with Crippen molar-refractivity contribution in [2.75, 3.05) is 0 Å². The van der Waals surface area contributed by atoms with E-state index in [2.05, 4.69) is 14.8 Å². The molecule has 0 spiro atoms. The van der Waals surface area contributed by atoms with Gasteiger partial charge >= 0.3 is 12.9 Å². The van der Waals surface area contributed by atoms with E-state index in [0.29, 0.717) is 9.70 Å². The minimum atomic E-state index is -4.87. The standard InChI is InChI=1S/C17H11ClF5N3O/c18-12-5-6-24-13(8-12)15-11(9-26(25-15)16(19)20)7-10-3-1-2-4-14(10)27-17(21,22)23/h1-6,8-9,16H,7H2. The molecule has 0 saturated heterocycles. The van der Waals surface area contributed by atoms with Gasteiger partial charge in [-0.1, -0.05) is 29.8 Å². The number of benzene rings is 1. The van der Waals surface area contributed by atoms with Crippen LogP contribution in [0.3, 0.4) is 0 Å². The van der Waals surface area contributed by atoms with Crippen molar-refractivity contribution in [3.8, 4) is 17.1 Å². The van der Waals surface area contributed by atoms with Crippen LogP contribution in [0.2, 0.25) is 5.02 Å². The van der Waals surface area contributed by atoms with Gasteiger partial charge in [-0.2, -0.15) is 13.9 Å². The number of ether oxygens (including phenoxy) is 1. The summed E-state index contributed by atoms with van der Waals surface area (Å²) < 4.78 is 68.4. The monoisotopic (exact) mass is 403 g/mol. The van der Waals surface area contributed by atoms with Crippen LogP contribution >= 0.6 is 11.6 Å². The van der Waals surface area contributed by atoms with Gasteiger partial charge in [0.1, 0.15) is 11.4 Å². The first-order valence-electron chi connectivity index (χ1n) is 7.54. The Morgan fingerprint density at radius 2 is 1.85 bits per heavy atom. The van der Waals surface area contributed by atoms with Crippen LogP contribution in [0.15, 0.2) is 48.8 Å². The Hall–Kier alpha value is -2.68. The predicted molar refractivity (Wildman–Crippen MR) is 87.7 cm³/mol. The smallest absolute Gasteiger partial charge is 0.405 e. The van der Waals surface area contributed by atoms with Gasteiger partial charge in [-0.3, -0.25) is 4.98 Å². The molecular weight excluding hydrogens is 393 g/mol. The lowest BCUT2D eigenvalue weighted by molar-refractivity contribution is -0.274. The van der Waals surface area contributed by atoms with Crippen LogP contribution in [0, 0.1) is 0 Å². The molecule has 3 rings (SSSR count). The number of pyridine rings is 1. The van der Waals surface area contributed by atoms with Crippen molar-refractivity contribution in [3.05, 3.63) is 64.9 Å². The molecule has 2 aromatic heterocycles. The molecule has 1 aromatic carbocycles. The second-order valence-electron chi connectivity index (χ2n) is 5.45. The zero-order valence-electron chi connectivity index (χ0n) is 13.4. The van der Waals surface area contributed by atoms with Crippen molar-refractivity contribution >= 4 is 11.6 Å². The molecule has 0 atom stereocenters. The number of rotatable bonds is 5. The third-order valence-electron chi connectivity index (χ3n) is 3.55. The van der Waals surface area contributed by atoms with E-state index in [0.717, 1.165) is 12.3 Å². The molecular formula is C17H11ClF5N3O. The number of alkyl halides is 5. The van der Waals surface area contributed by atoms with Gasteiger partial charge < -0.3 is 4.74 Å².